The van der Waals surface area contributed by atoms with Gasteiger partial charge >= 0.3 is 0 Å². The quantitative estimate of drug-likeness (QED) is 0.469. The molecule has 1 fully saturated rings. The maximum atomic E-state index is 13.6. The number of aryl methyl sites for hydroxylation is 2. The Hall–Kier alpha value is -1.93. The number of thioether (sulfide) groups is 1. The number of carbonyl (C=O) groups is 1. The number of thiazole rings is 1. The normalized spacial score (nSPS) is 14.8. The Labute approximate surface area is 192 Å². The second kappa shape index (κ2) is 10.1. The SMILES string of the molecule is CCSc1cccc(C(=O)N(CCN2CCOCC2)c2nc3cc(C)c(C)cc3s2)c1. The number of nitrogens with zero attached hydrogens (tertiary/aromatic N) is 3. The Morgan fingerprint density at radius 1 is 1.19 bits per heavy atom. The topological polar surface area (TPSA) is 45.7 Å². The van der Waals surface area contributed by atoms with E-state index in [2.05, 4.69) is 43.9 Å². The molecule has 7 heteroatoms. The van der Waals surface area contributed by atoms with Gasteiger partial charge in [0.05, 0.1) is 23.4 Å². The zero-order chi connectivity index (χ0) is 21.8. The fourth-order valence-corrected chi connectivity index (χ4v) is 5.46. The van der Waals surface area contributed by atoms with Crippen molar-refractivity contribution in [1.82, 2.24) is 9.88 Å². The third-order valence-corrected chi connectivity index (χ3v) is 7.52. The van der Waals surface area contributed by atoms with E-state index in [1.807, 2.05) is 23.1 Å². The van der Waals surface area contributed by atoms with E-state index in [9.17, 15) is 4.79 Å². The Kier molecular flexibility index (Phi) is 7.27. The highest BCUT2D eigenvalue weighted by Gasteiger charge is 2.23. The van der Waals surface area contributed by atoms with Crippen LogP contribution in [0.1, 0.15) is 28.4 Å². The lowest BCUT2D eigenvalue weighted by Gasteiger charge is -2.29. The van der Waals surface area contributed by atoms with Gasteiger partial charge in [-0.3, -0.25) is 14.6 Å². The summed E-state index contributed by atoms with van der Waals surface area (Å²) in [5.41, 5.74) is 4.15. The second-order valence-corrected chi connectivity index (χ2v) is 10.1. The van der Waals surface area contributed by atoms with Crippen molar-refractivity contribution in [3.63, 3.8) is 0 Å². The van der Waals surface area contributed by atoms with Gasteiger partial charge in [0.2, 0.25) is 0 Å². The molecule has 31 heavy (non-hydrogen) atoms. The lowest BCUT2D eigenvalue weighted by atomic mass is 10.1. The molecule has 0 aliphatic carbocycles. The average molecular weight is 456 g/mol. The average Bonchev–Trinajstić information content (AvgIpc) is 3.17. The summed E-state index contributed by atoms with van der Waals surface area (Å²) < 4.78 is 6.59. The molecule has 0 unspecified atom stereocenters. The number of hydrogen-bond donors (Lipinski definition) is 0. The molecule has 164 valence electrons. The van der Waals surface area contributed by atoms with Crippen LogP contribution in [0.2, 0.25) is 0 Å². The van der Waals surface area contributed by atoms with E-state index in [0.29, 0.717) is 12.1 Å². The van der Waals surface area contributed by atoms with E-state index in [0.717, 1.165) is 58.8 Å². The summed E-state index contributed by atoms with van der Waals surface area (Å²) in [4.78, 5) is 23.8. The van der Waals surface area contributed by atoms with E-state index in [-0.39, 0.29) is 5.91 Å². The van der Waals surface area contributed by atoms with E-state index in [1.165, 1.54) is 11.1 Å². The molecule has 1 aliphatic heterocycles. The number of ether oxygens (including phenoxy) is 1. The van der Waals surface area contributed by atoms with Gasteiger partial charge in [0, 0.05) is 36.6 Å². The molecule has 1 aliphatic rings. The van der Waals surface area contributed by atoms with Crippen molar-refractivity contribution >= 4 is 44.4 Å². The van der Waals surface area contributed by atoms with Crippen molar-refractivity contribution in [1.29, 1.82) is 0 Å². The number of anilines is 1. The maximum Gasteiger partial charge on any atom is 0.260 e. The van der Waals surface area contributed by atoms with Crippen LogP contribution in [0.3, 0.4) is 0 Å². The van der Waals surface area contributed by atoms with Gasteiger partial charge in [-0.1, -0.05) is 24.3 Å². The number of aromatic nitrogens is 1. The molecule has 0 atom stereocenters. The lowest BCUT2D eigenvalue weighted by molar-refractivity contribution is 0.0391. The highest BCUT2D eigenvalue weighted by atomic mass is 32.2. The molecular weight excluding hydrogens is 426 g/mol. The van der Waals surface area contributed by atoms with Gasteiger partial charge in [-0.15, -0.1) is 11.8 Å². The molecule has 2 aromatic carbocycles. The van der Waals surface area contributed by atoms with Crippen LogP contribution < -0.4 is 4.90 Å². The molecule has 4 rings (SSSR count). The Morgan fingerprint density at radius 3 is 2.74 bits per heavy atom. The smallest absolute Gasteiger partial charge is 0.260 e. The van der Waals surface area contributed by atoms with Gasteiger partial charge in [-0.05, 0) is 61.1 Å². The van der Waals surface area contributed by atoms with Crippen LogP contribution in [0, 0.1) is 13.8 Å². The summed E-state index contributed by atoms with van der Waals surface area (Å²) in [6.07, 6.45) is 0. The molecule has 2 heterocycles. The molecule has 0 spiro atoms. The highest BCUT2D eigenvalue weighted by Crippen LogP contribution is 2.32. The van der Waals surface area contributed by atoms with Gasteiger partial charge in [0.15, 0.2) is 5.13 Å². The maximum absolute atomic E-state index is 13.6. The van der Waals surface area contributed by atoms with Gasteiger partial charge in [0.25, 0.3) is 5.91 Å². The summed E-state index contributed by atoms with van der Waals surface area (Å²) in [5.74, 6) is 0.994. The molecule has 1 aromatic heterocycles. The summed E-state index contributed by atoms with van der Waals surface area (Å²) in [6.45, 7) is 11.1. The van der Waals surface area contributed by atoms with Crippen molar-refractivity contribution in [2.45, 2.75) is 25.7 Å². The van der Waals surface area contributed by atoms with Crippen molar-refractivity contribution in [3.8, 4) is 0 Å². The summed E-state index contributed by atoms with van der Waals surface area (Å²) in [7, 11) is 0. The Bertz CT molecular complexity index is 1020. The minimum Gasteiger partial charge on any atom is -0.379 e. The van der Waals surface area contributed by atoms with Gasteiger partial charge in [0.1, 0.15) is 0 Å². The van der Waals surface area contributed by atoms with E-state index >= 15 is 0 Å². The van der Waals surface area contributed by atoms with Gasteiger partial charge in [-0.2, -0.15) is 0 Å². The van der Waals surface area contributed by atoms with Crippen molar-refractivity contribution in [2.75, 3.05) is 50.0 Å². The van der Waals surface area contributed by atoms with E-state index in [4.69, 9.17) is 9.72 Å². The molecule has 0 N–H and O–H groups in total. The molecule has 0 saturated carbocycles. The van der Waals surface area contributed by atoms with Crippen LogP contribution >= 0.6 is 23.1 Å². The summed E-state index contributed by atoms with van der Waals surface area (Å²) in [6, 6.07) is 12.2. The predicted molar refractivity (Wildman–Crippen MR) is 131 cm³/mol. The lowest BCUT2D eigenvalue weighted by Crippen LogP contribution is -2.43. The third kappa shape index (κ3) is 5.29. The monoisotopic (exact) mass is 455 g/mol. The number of amides is 1. The molecule has 5 nitrogen and oxygen atoms in total. The number of morpholine rings is 1. The first-order valence-electron chi connectivity index (χ1n) is 10.8. The fraction of sp³-hybridized carbons (Fsp3) is 0.417. The molecule has 0 radical (unpaired) electrons. The minimum atomic E-state index is 0.0133. The molecule has 3 aromatic rings. The van der Waals surface area contributed by atoms with Crippen molar-refractivity contribution in [2.24, 2.45) is 0 Å². The van der Waals surface area contributed by atoms with Crippen LogP contribution in [0.25, 0.3) is 10.2 Å². The second-order valence-electron chi connectivity index (χ2n) is 7.77. The number of fused-ring (bicyclic) bond motifs is 1. The van der Waals surface area contributed by atoms with Crippen LogP contribution in [0.4, 0.5) is 5.13 Å². The largest absolute Gasteiger partial charge is 0.379 e. The Morgan fingerprint density at radius 2 is 1.97 bits per heavy atom. The highest BCUT2D eigenvalue weighted by molar-refractivity contribution is 7.99. The van der Waals surface area contributed by atoms with Crippen LogP contribution in [0.5, 0.6) is 0 Å². The van der Waals surface area contributed by atoms with Crippen LogP contribution in [-0.2, 0) is 4.74 Å². The first kappa shape index (κ1) is 22.3. The number of carbonyl (C=O) groups excluding carboxylic acids is 1. The van der Waals surface area contributed by atoms with Crippen LogP contribution in [0.15, 0.2) is 41.3 Å². The first-order valence-corrected chi connectivity index (χ1v) is 12.6. The standard InChI is InChI=1S/C24H29N3O2S2/c1-4-30-20-7-5-6-19(16-20)23(28)27(9-8-26-10-12-29-13-11-26)24-25-21-14-17(2)18(3)15-22(21)31-24/h5-7,14-16H,4,8-13H2,1-3H3. The van der Waals surface area contributed by atoms with Crippen LogP contribution in [-0.4, -0.2) is 60.9 Å². The van der Waals surface area contributed by atoms with Gasteiger partial charge in [-0.25, -0.2) is 4.98 Å². The predicted octanol–water partition coefficient (Wildman–Crippen LogP) is 5.00. The number of benzene rings is 2. The summed E-state index contributed by atoms with van der Waals surface area (Å²) >= 11 is 3.35. The molecule has 1 amide bonds. The molecule has 0 bridgehead atoms. The molecule has 1 saturated heterocycles. The van der Waals surface area contributed by atoms with Gasteiger partial charge < -0.3 is 4.74 Å². The first-order chi connectivity index (χ1) is 15.0. The number of rotatable bonds is 7. The summed E-state index contributed by atoms with van der Waals surface area (Å²) in [5, 5.41) is 0.770. The van der Waals surface area contributed by atoms with E-state index < -0.39 is 0 Å². The fourth-order valence-electron chi connectivity index (χ4n) is 3.67. The molecular formula is C24H29N3O2S2. The minimum absolute atomic E-state index is 0.0133. The zero-order valence-electron chi connectivity index (χ0n) is 18.4. The zero-order valence-corrected chi connectivity index (χ0v) is 20.0. The Balaban J connectivity index is 1.65. The van der Waals surface area contributed by atoms with E-state index in [1.54, 1.807) is 23.1 Å². The third-order valence-electron chi connectivity index (χ3n) is 5.60. The van der Waals surface area contributed by atoms with Crippen molar-refractivity contribution in [3.05, 3.63) is 53.1 Å². The number of hydrogen-bond acceptors (Lipinski definition) is 6. The van der Waals surface area contributed by atoms with Crippen molar-refractivity contribution < 1.29 is 9.53 Å².